The fourth-order valence-corrected chi connectivity index (χ4v) is 2.76. The van der Waals surface area contributed by atoms with Crippen molar-refractivity contribution >= 4 is 16.8 Å². The Hall–Kier alpha value is -2.56. The largest absolute Gasteiger partial charge is 0.361 e. The maximum absolute atomic E-state index is 12.2. The minimum absolute atomic E-state index is 0.0498. The van der Waals surface area contributed by atoms with E-state index in [1.165, 1.54) is 10.9 Å². The van der Waals surface area contributed by atoms with Gasteiger partial charge in [-0.25, -0.2) is 0 Å². The topological polar surface area (TPSA) is 62.7 Å². The van der Waals surface area contributed by atoms with E-state index < -0.39 is 0 Å². The van der Waals surface area contributed by atoms with Crippen LogP contribution in [0.5, 0.6) is 0 Å². The van der Waals surface area contributed by atoms with Crippen molar-refractivity contribution in [3.63, 3.8) is 0 Å². The van der Waals surface area contributed by atoms with Gasteiger partial charge in [0.2, 0.25) is 5.91 Å². The summed E-state index contributed by atoms with van der Waals surface area (Å²) in [5.41, 5.74) is 3.19. The number of fused-ring (bicyclic) bond motifs is 1. The number of hydrogen-bond donors (Lipinski definition) is 2. The zero-order valence-corrected chi connectivity index (χ0v) is 13.5. The Morgan fingerprint density at radius 2 is 2.17 bits per heavy atom. The van der Waals surface area contributed by atoms with Gasteiger partial charge in [-0.3, -0.25) is 9.48 Å². The maximum atomic E-state index is 12.2. The minimum atomic E-state index is -0.0710. The van der Waals surface area contributed by atoms with Crippen LogP contribution in [0.25, 0.3) is 10.9 Å². The highest BCUT2D eigenvalue weighted by Crippen LogP contribution is 2.19. The standard InChI is InChI=1S/C18H22N4O/c1-3-22-11-10-16(21-22)13(2)20-18(23)9-8-14-12-19-17-7-5-4-6-15(14)17/h4-7,10-13,19H,3,8-9H2,1-2H3,(H,20,23). The van der Waals surface area contributed by atoms with Crippen molar-refractivity contribution in [2.75, 3.05) is 0 Å². The first-order valence-corrected chi connectivity index (χ1v) is 8.05. The van der Waals surface area contributed by atoms with Crippen LogP contribution < -0.4 is 5.32 Å². The lowest BCUT2D eigenvalue weighted by atomic mass is 10.1. The number of carbonyl (C=O) groups excluding carboxylic acids is 1. The molecule has 0 saturated heterocycles. The lowest BCUT2D eigenvalue weighted by Gasteiger charge is -2.11. The number of benzene rings is 1. The van der Waals surface area contributed by atoms with Gasteiger partial charge in [0.25, 0.3) is 0 Å². The number of H-pyrrole nitrogens is 1. The highest BCUT2D eigenvalue weighted by molar-refractivity contribution is 5.84. The van der Waals surface area contributed by atoms with Crippen LogP contribution in [0.15, 0.2) is 42.7 Å². The molecule has 1 aromatic carbocycles. The summed E-state index contributed by atoms with van der Waals surface area (Å²) in [7, 11) is 0. The smallest absolute Gasteiger partial charge is 0.220 e. The van der Waals surface area contributed by atoms with Crippen LogP contribution in [-0.4, -0.2) is 20.7 Å². The summed E-state index contributed by atoms with van der Waals surface area (Å²) in [6, 6.07) is 10.0. The van der Waals surface area contributed by atoms with Gasteiger partial charge in [0.1, 0.15) is 0 Å². The Morgan fingerprint density at radius 3 is 2.96 bits per heavy atom. The van der Waals surface area contributed by atoms with Gasteiger partial charge in [-0.1, -0.05) is 18.2 Å². The summed E-state index contributed by atoms with van der Waals surface area (Å²) in [4.78, 5) is 15.4. The second kappa shape index (κ2) is 6.69. The van der Waals surface area contributed by atoms with Crippen molar-refractivity contribution in [3.05, 3.63) is 54.0 Å². The summed E-state index contributed by atoms with van der Waals surface area (Å²) < 4.78 is 1.87. The number of hydrogen-bond acceptors (Lipinski definition) is 2. The van der Waals surface area contributed by atoms with Crippen molar-refractivity contribution < 1.29 is 4.79 Å². The number of amides is 1. The third kappa shape index (κ3) is 3.44. The molecule has 2 aromatic heterocycles. The zero-order valence-electron chi connectivity index (χ0n) is 13.5. The lowest BCUT2D eigenvalue weighted by Crippen LogP contribution is -2.27. The Kier molecular flexibility index (Phi) is 4.46. The first-order valence-electron chi connectivity index (χ1n) is 8.05. The quantitative estimate of drug-likeness (QED) is 0.734. The van der Waals surface area contributed by atoms with E-state index in [2.05, 4.69) is 21.5 Å². The molecule has 5 nitrogen and oxygen atoms in total. The van der Waals surface area contributed by atoms with Gasteiger partial charge < -0.3 is 10.3 Å². The van der Waals surface area contributed by atoms with Crippen molar-refractivity contribution in [1.82, 2.24) is 20.1 Å². The van der Waals surface area contributed by atoms with E-state index >= 15 is 0 Å². The molecule has 2 N–H and O–H groups in total. The molecular formula is C18H22N4O. The number of nitrogens with zero attached hydrogens (tertiary/aromatic N) is 2. The molecule has 120 valence electrons. The van der Waals surface area contributed by atoms with E-state index in [0.717, 1.165) is 24.2 Å². The van der Waals surface area contributed by atoms with Crippen molar-refractivity contribution in [2.24, 2.45) is 0 Å². The molecule has 0 saturated carbocycles. The van der Waals surface area contributed by atoms with E-state index in [-0.39, 0.29) is 11.9 Å². The number of carbonyl (C=O) groups is 1. The normalized spacial score (nSPS) is 12.4. The molecule has 1 amide bonds. The molecule has 3 rings (SSSR count). The fourth-order valence-electron chi connectivity index (χ4n) is 2.76. The molecule has 5 heteroatoms. The molecule has 3 aromatic rings. The Morgan fingerprint density at radius 1 is 1.35 bits per heavy atom. The molecule has 0 bridgehead atoms. The first-order chi connectivity index (χ1) is 11.2. The fraction of sp³-hybridized carbons (Fsp3) is 0.333. The number of rotatable bonds is 6. The molecule has 1 unspecified atom stereocenters. The van der Waals surface area contributed by atoms with E-state index in [4.69, 9.17) is 0 Å². The Labute approximate surface area is 135 Å². The van der Waals surface area contributed by atoms with Crippen molar-refractivity contribution in [2.45, 2.75) is 39.3 Å². The van der Waals surface area contributed by atoms with Gasteiger partial charge in [-0.05, 0) is 38.0 Å². The summed E-state index contributed by atoms with van der Waals surface area (Å²) in [6.07, 6.45) is 5.13. The highest BCUT2D eigenvalue weighted by Gasteiger charge is 2.13. The summed E-state index contributed by atoms with van der Waals surface area (Å²) >= 11 is 0. The maximum Gasteiger partial charge on any atom is 0.220 e. The third-order valence-corrected chi connectivity index (χ3v) is 4.10. The average Bonchev–Trinajstić information content (AvgIpc) is 3.20. The van der Waals surface area contributed by atoms with Crippen LogP contribution in [0, 0.1) is 0 Å². The van der Waals surface area contributed by atoms with Gasteiger partial charge in [-0.15, -0.1) is 0 Å². The van der Waals surface area contributed by atoms with Gasteiger partial charge in [0.05, 0.1) is 11.7 Å². The second-order valence-corrected chi connectivity index (χ2v) is 5.74. The molecule has 0 radical (unpaired) electrons. The molecular weight excluding hydrogens is 288 g/mol. The van der Waals surface area contributed by atoms with Crippen LogP contribution in [-0.2, 0) is 17.8 Å². The number of aromatic nitrogens is 3. The lowest BCUT2D eigenvalue weighted by molar-refractivity contribution is -0.121. The van der Waals surface area contributed by atoms with Crippen LogP contribution in [0.1, 0.15) is 37.6 Å². The monoisotopic (exact) mass is 310 g/mol. The van der Waals surface area contributed by atoms with Gasteiger partial charge in [0, 0.05) is 36.3 Å². The van der Waals surface area contributed by atoms with Crippen LogP contribution in [0.4, 0.5) is 0 Å². The van der Waals surface area contributed by atoms with Crippen LogP contribution >= 0.6 is 0 Å². The van der Waals surface area contributed by atoms with E-state index in [1.807, 2.05) is 55.2 Å². The van der Waals surface area contributed by atoms with Crippen molar-refractivity contribution in [3.8, 4) is 0 Å². The molecule has 23 heavy (non-hydrogen) atoms. The first kappa shape index (κ1) is 15.3. The van der Waals surface area contributed by atoms with Crippen LogP contribution in [0.2, 0.25) is 0 Å². The predicted octanol–water partition coefficient (Wildman–Crippen LogP) is 3.19. The minimum Gasteiger partial charge on any atom is -0.361 e. The molecule has 2 heterocycles. The van der Waals surface area contributed by atoms with Crippen LogP contribution in [0.3, 0.4) is 0 Å². The van der Waals surface area contributed by atoms with Gasteiger partial charge in [-0.2, -0.15) is 5.10 Å². The third-order valence-electron chi connectivity index (χ3n) is 4.10. The Bertz CT molecular complexity index is 802. The van der Waals surface area contributed by atoms with E-state index in [0.29, 0.717) is 6.42 Å². The summed E-state index contributed by atoms with van der Waals surface area (Å²) in [5, 5.41) is 8.64. The Balaban J connectivity index is 1.57. The SMILES string of the molecule is CCn1ccc(C(C)NC(=O)CCc2c[nH]c3ccccc23)n1. The summed E-state index contributed by atoms with van der Waals surface area (Å²) in [5.74, 6) is 0.0498. The van der Waals surface area contributed by atoms with E-state index in [1.54, 1.807) is 0 Å². The van der Waals surface area contributed by atoms with Crippen molar-refractivity contribution in [1.29, 1.82) is 0 Å². The second-order valence-electron chi connectivity index (χ2n) is 5.74. The number of aromatic amines is 1. The molecule has 0 aliphatic heterocycles. The zero-order chi connectivity index (χ0) is 16.2. The molecule has 0 fully saturated rings. The average molecular weight is 310 g/mol. The molecule has 0 aliphatic rings. The summed E-state index contributed by atoms with van der Waals surface area (Å²) in [6.45, 7) is 4.84. The molecule has 0 spiro atoms. The number of aryl methyl sites for hydroxylation is 2. The van der Waals surface area contributed by atoms with Gasteiger partial charge >= 0.3 is 0 Å². The number of para-hydroxylation sites is 1. The van der Waals surface area contributed by atoms with Gasteiger partial charge in [0.15, 0.2) is 0 Å². The molecule has 0 aliphatic carbocycles. The molecule has 1 atom stereocenters. The predicted molar refractivity (Wildman–Crippen MR) is 91.1 cm³/mol. The van der Waals surface area contributed by atoms with E-state index in [9.17, 15) is 4.79 Å². The number of nitrogens with one attached hydrogen (secondary N) is 2. The highest BCUT2D eigenvalue weighted by atomic mass is 16.1.